The minimum absolute atomic E-state index is 0.211. The predicted molar refractivity (Wildman–Crippen MR) is 117 cm³/mol. The van der Waals surface area contributed by atoms with Crippen LogP contribution in [0.5, 0.6) is 0 Å². The van der Waals surface area contributed by atoms with Crippen molar-refractivity contribution in [2.45, 2.75) is 6.42 Å². The molecule has 0 unspecified atom stereocenters. The number of rotatable bonds is 6. The molecule has 0 aliphatic carbocycles. The molecule has 6 heteroatoms. The van der Waals surface area contributed by atoms with Gasteiger partial charge < -0.3 is 0 Å². The van der Waals surface area contributed by atoms with Crippen molar-refractivity contribution in [2.24, 2.45) is 0 Å². The summed E-state index contributed by atoms with van der Waals surface area (Å²) in [5.74, 6) is -0.211. The standard InChI is InChI=1S/C22H17N3OS2/c26-20(14-12-18-11-13-19(27-18)17-9-5-2-6-10-17)23-22-25-24-21(28-22)15-16-7-3-1-4-8-16/h1-14H,15H2,(H,23,25,26)/b14-12+. The van der Waals surface area contributed by atoms with Crippen LogP contribution in [0.3, 0.4) is 0 Å². The van der Waals surface area contributed by atoms with Crippen molar-refractivity contribution >= 4 is 39.8 Å². The summed E-state index contributed by atoms with van der Waals surface area (Å²) < 4.78 is 0. The molecule has 2 heterocycles. The fourth-order valence-corrected chi connectivity index (χ4v) is 4.34. The van der Waals surface area contributed by atoms with Gasteiger partial charge in [-0.25, -0.2) is 0 Å². The van der Waals surface area contributed by atoms with Gasteiger partial charge in [-0.2, -0.15) is 0 Å². The van der Waals surface area contributed by atoms with Crippen LogP contribution < -0.4 is 5.32 Å². The lowest BCUT2D eigenvalue weighted by Gasteiger charge is -1.96. The molecule has 2 aromatic carbocycles. The van der Waals surface area contributed by atoms with Crippen molar-refractivity contribution in [3.8, 4) is 10.4 Å². The van der Waals surface area contributed by atoms with E-state index in [0.29, 0.717) is 11.6 Å². The average Bonchev–Trinajstić information content (AvgIpc) is 3.38. The van der Waals surface area contributed by atoms with Gasteiger partial charge in [-0.05, 0) is 29.3 Å². The molecule has 0 spiro atoms. The SMILES string of the molecule is O=C(/C=C/c1ccc(-c2ccccc2)s1)Nc1nnc(Cc2ccccc2)s1. The molecule has 0 radical (unpaired) electrons. The second-order valence-corrected chi connectivity index (χ2v) is 8.23. The maximum atomic E-state index is 12.2. The Morgan fingerprint density at radius 2 is 1.64 bits per heavy atom. The third-order valence-electron chi connectivity index (χ3n) is 3.98. The van der Waals surface area contributed by atoms with E-state index < -0.39 is 0 Å². The quantitative estimate of drug-likeness (QED) is 0.432. The third kappa shape index (κ3) is 4.79. The number of nitrogens with zero attached hydrogens (tertiary/aromatic N) is 2. The van der Waals surface area contributed by atoms with E-state index in [1.165, 1.54) is 33.4 Å². The van der Waals surface area contributed by atoms with Crippen molar-refractivity contribution in [3.05, 3.63) is 94.3 Å². The number of hydrogen-bond acceptors (Lipinski definition) is 5. The molecule has 2 aromatic heterocycles. The van der Waals surface area contributed by atoms with E-state index in [1.54, 1.807) is 11.3 Å². The number of nitrogens with one attached hydrogen (secondary N) is 1. The number of amides is 1. The zero-order valence-electron chi connectivity index (χ0n) is 14.9. The Kier molecular flexibility index (Phi) is 5.70. The Morgan fingerprint density at radius 1 is 0.893 bits per heavy atom. The number of anilines is 1. The summed E-state index contributed by atoms with van der Waals surface area (Å²) in [6.07, 6.45) is 4.05. The van der Waals surface area contributed by atoms with Crippen LogP contribution in [0.1, 0.15) is 15.4 Å². The Balaban J connectivity index is 1.35. The van der Waals surface area contributed by atoms with Crippen LogP contribution in [-0.2, 0) is 11.2 Å². The topological polar surface area (TPSA) is 54.9 Å². The van der Waals surface area contributed by atoms with E-state index in [-0.39, 0.29) is 5.91 Å². The summed E-state index contributed by atoms with van der Waals surface area (Å²) in [4.78, 5) is 14.4. The fraction of sp³-hybridized carbons (Fsp3) is 0.0455. The highest BCUT2D eigenvalue weighted by molar-refractivity contribution is 7.16. The molecule has 0 aliphatic heterocycles. The van der Waals surface area contributed by atoms with Crippen LogP contribution in [0.2, 0.25) is 0 Å². The lowest BCUT2D eigenvalue weighted by atomic mass is 10.2. The van der Waals surface area contributed by atoms with Crippen LogP contribution in [0.25, 0.3) is 16.5 Å². The number of hydrogen-bond donors (Lipinski definition) is 1. The Hall–Kier alpha value is -3.09. The molecule has 1 N–H and O–H groups in total. The first-order valence-electron chi connectivity index (χ1n) is 8.77. The van der Waals surface area contributed by atoms with Crippen LogP contribution in [0, 0.1) is 0 Å². The lowest BCUT2D eigenvalue weighted by Crippen LogP contribution is -2.07. The molecular weight excluding hydrogens is 386 g/mol. The molecule has 0 aliphatic rings. The number of thiophene rings is 1. The van der Waals surface area contributed by atoms with E-state index in [9.17, 15) is 4.79 Å². The first-order valence-corrected chi connectivity index (χ1v) is 10.4. The van der Waals surface area contributed by atoms with Crippen LogP contribution in [0.4, 0.5) is 5.13 Å². The average molecular weight is 404 g/mol. The first-order chi connectivity index (χ1) is 13.8. The smallest absolute Gasteiger partial charge is 0.250 e. The molecule has 138 valence electrons. The highest BCUT2D eigenvalue weighted by atomic mass is 32.1. The van der Waals surface area contributed by atoms with E-state index in [1.807, 2.05) is 60.7 Å². The van der Waals surface area contributed by atoms with Crippen LogP contribution in [-0.4, -0.2) is 16.1 Å². The Labute approximate surface area is 171 Å². The largest absolute Gasteiger partial charge is 0.297 e. The fourth-order valence-electron chi connectivity index (χ4n) is 2.65. The van der Waals surface area contributed by atoms with Crippen molar-refractivity contribution in [2.75, 3.05) is 5.32 Å². The van der Waals surface area contributed by atoms with Gasteiger partial charge in [0, 0.05) is 22.3 Å². The first kappa shape index (κ1) is 18.3. The van der Waals surface area contributed by atoms with Crippen molar-refractivity contribution < 1.29 is 4.79 Å². The van der Waals surface area contributed by atoms with Gasteiger partial charge in [-0.3, -0.25) is 10.1 Å². The zero-order chi connectivity index (χ0) is 19.2. The lowest BCUT2D eigenvalue weighted by molar-refractivity contribution is -0.111. The third-order valence-corrected chi connectivity index (χ3v) is 5.92. The van der Waals surface area contributed by atoms with Gasteiger partial charge in [0.15, 0.2) is 0 Å². The zero-order valence-corrected chi connectivity index (χ0v) is 16.5. The maximum absolute atomic E-state index is 12.2. The number of benzene rings is 2. The van der Waals surface area contributed by atoms with Crippen molar-refractivity contribution in [1.82, 2.24) is 10.2 Å². The van der Waals surface area contributed by atoms with Gasteiger partial charge in [-0.1, -0.05) is 72.0 Å². The van der Waals surface area contributed by atoms with Crippen molar-refractivity contribution in [3.63, 3.8) is 0 Å². The second-order valence-electron chi connectivity index (χ2n) is 6.05. The van der Waals surface area contributed by atoms with Crippen LogP contribution in [0.15, 0.2) is 78.9 Å². The highest BCUT2D eigenvalue weighted by Crippen LogP contribution is 2.28. The summed E-state index contributed by atoms with van der Waals surface area (Å²) in [5, 5.41) is 12.4. The molecule has 0 saturated carbocycles. The molecular formula is C22H17N3OS2. The molecule has 4 aromatic rings. The van der Waals surface area contributed by atoms with Gasteiger partial charge >= 0.3 is 0 Å². The molecule has 4 rings (SSSR count). The maximum Gasteiger partial charge on any atom is 0.250 e. The summed E-state index contributed by atoms with van der Waals surface area (Å²) in [6, 6.07) is 24.4. The molecule has 0 saturated heterocycles. The van der Waals surface area contributed by atoms with E-state index >= 15 is 0 Å². The molecule has 1 amide bonds. The molecule has 0 bridgehead atoms. The van der Waals surface area contributed by atoms with Crippen molar-refractivity contribution in [1.29, 1.82) is 0 Å². The normalized spacial score (nSPS) is 11.0. The van der Waals surface area contributed by atoms with Gasteiger partial charge in [0.2, 0.25) is 11.0 Å². The van der Waals surface area contributed by atoms with Gasteiger partial charge in [0.25, 0.3) is 0 Å². The van der Waals surface area contributed by atoms with E-state index in [4.69, 9.17) is 0 Å². The Morgan fingerprint density at radius 3 is 2.43 bits per heavy atom. The second kappa shape index (κ2) is 8.73. The summed E-state index contributed by atoms with van der Waals surface area (Å²) in [7, 11) is 0. The minimum Gasteiger partial charge on any atom is -0.297 e. The Bertz CT molecular complexity index is 1090. The highest BCUT2D eigenvalue weighted by Gasteiger charge is 2.07. The number of aromatic nitrogens is 2. The van der Waals surface area contributed by atoms with Gasteiger partial charge in [0.05, 0.1) is 0 Å². The van der Waals surface area contributed by atoms with Gasteiger partial charge in [-0.15, -0.1) is 21.5 Å². The van der Waals surface area contributed by atoms with E-state index in [2.05, 4.69) is 33.7 Å². The summed E-state index contributed by atoms with van der Waals surface area (Å²) >= 11 is 3.04. The molecule has 0 fully saturated rings. The number of carbonyl (C=O) groups excluding carboxylic acids is 1. The molecule has 4 nitrogen and oxygen atoms in total. The van der Waals surface area contributed by atoms with Gasteiger partial charge in [0.1, 0.15) is 5.01 Å². The molecule has 28 heavy (non-hydrogen) atoms. The number of carbonyl (C=O) groups is 1. The minimum atomic E-state index is -0.211. The molecule has 0 atom stereocenters. The summed E-state index contributed by atoms with van der Waals surface area (Å²) in [6.45, 7) is 0. The van der Waals surface area contributed by atoms with Crippen LogP contribution >= 0.6 is 22.7 Å². The monoisotopic (exact) mass is 403 g/mol. The van der Waals surface area contributed by atoms with E-state index in [0.717, 1.165) is 9.88 Å². The predicted octanol–water partition coefficient (Wildman–Crippen LogP) is 5.51. The summed E-state index contributed by atoms with van der Waals surface area (Å²) in [5.41, 5.74) is 2.35.